The number of nitrogens with zero attached hydrogens (tertiary/aromatic N) is 3. The van der Waals surface area contributed by atoms with Gasteiger partial charge in [-0.25, -0.2) is 19.0 Å². The number of H-pyrrole nitrogens is 1. The summed E-state index contributed by atoms with van der Waals surface area (Å²) in [5, 5.41) is 0. The molecule has 1 N–H and O–H groups in total. The van der Waals surface area contributed by atoms with E-state index in [0.717, 1.165) is 24.1 Å². The van der Waals surface area contributed by atoms with Gasteiger partial charge in [0.25, 0.3) is 0 Å². The lowest BCUT2D eigenvalue weighted by Crippen LogP contribution is -2.36. The molecule has 2 fully saturated rings. The van der Waals surface area contributed by atoms with Crippen LogP contribution in [0.1, 0.15) is 65.2 Å². The van der Waals surface area contributed by atoms with E-state index in [1.807, 2.05) is 45.0 Å². The van der Waals surface area contributed by atoms with E-state index in [1.165, 1.54) is 17.9 Å². The highest BCUT2D eigenvalue weighted by Crippen LogP contribution is 2.34. The van der Waals surface area contributed by atoms with E-state index in [2.05, 4.69) is 9.97 Å². The number of anilines is 1. The number of benzene rings is 2. The summed E-state index contributed by atoms with van der Waals surface area (Å²) in [6.07, 6.45) is 2.92. The number of carbonyl (C=O) groups excluding carboxylic acids is 3. The minimum absolute atomic E-state index is 0.0348. The lowest BCUT2D eigenvalue weighted by Gasteiger charge is -2.27. The summed E-state index contributed by atoms with van der Waals surface area (Å²) in [6, 6.07) is 11.9. The molecule has 2 saturated heterocycles. The Morgan fingerprint density at radius 3 is 2.56 bits per heavy atom. The van der Waals surface area contributed by atoms with Gasteiger partial charge < -0.3 is 19.3 Å². The number of ether oxygens (including phenoxy) is 2. The molecule has 10 heteroatoms. The smallest absolute Gasteiger partial charge is 0.414 e. The van der Waals surface area contributed by atoms with E-state index in [0.29, 0.717) is 42.0 Å². The van der Waals surface area contributed by atoms with Crippen molar-refractivity contribution in [2.24, 2.45) is 0 Å². The van der Waals surface area contributed by atoms with Crippen molar-refractivity contribution in [3.05, 3.63) is 60.3 Å². The zero-order valence-corrected chi connectivity index (χ0v) is 23.8. The Bertz CT molecular complexity index is 1450. The fraction of sp³-hybridized carbons (Fsp3) is 0.419. The summed E-state index contributed by atoms with van der Waals surface area (Å²) in [5.41, 5.74) is 2.61. The number of rotatable bonds is 7. The summed E-state index contributed by atoms with van der Waals surface area (Å²) in [6.45, 7) is 7.95. The van der Waals surface area contributed by atoms with Crippen molar-refractivity contribution in [2.75, 3.05) is 18.0 Å². The third-order valence-corrected chi connectivity index (χ3v) is 7.26. The van der Waals surface area contributed by atoms with Gasteiger partial charge in [0.1, 0.15) is 29.1 Å². The van der Waals surface area contributed by atoms with Gasteiger partial charge in [-0.3, -0.25) is 9.80 Å². The second-order valence-corrected chi connectivity index (χ2v) is 11.6. The molecule has 0 aliphatic carbocycles. The van der Waals surface area contributed by atoms with Crippen LogP contribution in [0.15, 0.2) is 48.7 Å². The van der Waals surface area contributed by atoms with Crippen molar-refractivity contribution in [1.29, 1.82) is 0 Å². The minimum Gasteiger partial charge on any atom is -0.444 e. The fourth-order valence-electron chi connectivity index (χ4n) is 5.23. The number of hydrogen-bond acceptors (Lipinski definition) is 6. The summed E-state index contributed by atoms with van der Waals surface area (Å²) < 4.78 is 26.1. The maximum Gasteiger partial charge on any atom is 0.414 e. The molecule has 41 heavy (non-hydrogen) atoms. The van der Waals surface area contributed by atoms with Gasteiger partial charge in [0.15, 0.2) is 0 Å². The summed E-state index contributed by atoms with van der Waals surface area (Å²) in [5.74, 6) is 0.285. The molecule has 0 bridgehead atoms. The van der Waals surface area contributed by atoms with Gasteiger partial charge in [0.2, 0.25) is 0 Å². The monoisotopic (exact) mass is 562 g/mol. The number of carbonyl (C=O) groups is 3. The van der Waals surface area contributed by atoms with Gasteiger partial charge in [-0.05, 0) is 76.3 Å². The highest BCUT2D eigenvalue weighted by atomic mass is 19.1. The van der Waals surface area contributed by atoms with Gasteiger partial charge in [-0.15, -0.1) is 0 Å². The molecule has 0 spiro atoms. The third kappa shape index (κ3) is 6.42. The number of cyclic esters (lactones) is 1. The number of aromatic amines is 1. The van der Waals surface area contributed by atoms with Crippen LogP contribution in [0.4, 0.5) is 19.7 Å². The van der Waals surface area contributed by atoms with Crippen LogP contribution < -0.4 is 4.90 Å². The van der Waals surface area contributed by atoms with E-state index in [-0.39, 0.29) is 24.5 Å². The molecule has 3 heterocycles. The van der Waals surface area contributed by atoms with Crippen molar-refractivity contribution >= 4 is 23.7 Å². The van der Waals surface area contributed by atoms with E-state index in [4.69, 9.17) is 9.47 Å². The van der Waals surface area contributed by atoms with Gasteiger partial charge >= 0.3 is 12.2 Å². The molecule has 0 unspecified atom stereocenters. The summed E-state index contributed by atoms with van der Waals surface area (Å²) in [7, 11) is 0. The summed E-state index contributed by atoms with van der Waals surface area (Å²) >= 11 is 0. The normalized spacial score (nSPS) is 19.0. The predicted octanol–water partition coefficient (Wildman–Crippen LogP) is 6.65. The third-order valence-electron chi connectivity index (χ3n) is 7.26. The van der Waals surface area contributed by atoms with Crippen LogP contribution in [0, 0.1) is 5.82 Å². The van der Waals surface area contributed by atoms with Gasteiger partial charge in [0, 0.05) is 18.5 Å². The predicted molar refractivity (Wildman–Crippen MR) is 152 cm³/mol. The molecule has 216 valence electrons. The first-order valence-corrected chi connectivity index (χ1v) is 13.9. The topological polar surface area (TPSA) is 105 Å². The van der Waals surface area contributed by atoms with E-state index in [9.17, 15) is 14.4 Å². The minimum atomic E-state index is -0.569. The first-order chi connectivity index (χ1) is 19.5. The van der Waals surface area contributed by atoms with Crippen molar-refractivity contribution in [1.82, 2.24) is 14.9 Å². The Morgan fingerprint density at radius 2 is 1.88 bits per heavy atom. The largest absolute Gasteiger partial charge is 0.444 e. The molecule has 1 aromatic heterocycles. The lowest BCUT2D eigenvalue weighted by molar-refractivity contribution is -0.117. The number of aromatic nitrogens is 2. The Balaban J connectivity index is 1.27. The van der Waals surface area contributed by atoms with Crippen LogP contribution in [0.2, 0.25) is 0 Å². The highest BCUT2D eigenvalue weighted by molar-refractivity contribution is 5.90. The van der Waals surface area contributed by atoms with Gasteiger partial charge in [-0.1, -0.05) is 24.3 Å². The molecule has 3 aromatic rings. The average molecular weight is 563 g/mol. The Labute approximate surface area is 238 Å². The maximum absolute atomic E-state index is 15.2. The number of Topliss-reactive ketones (excluding diaryl/α,β-unsaturated/α-hetero) is 1. The van der Waals surface area contributed by atoms with Gasteiger partial charge in [-0.2, -0.15) is 0 Å². The lowest BCUT2D eigenvalue weighted by atomic mass is 10.0. The Hall–Kier alpha value is -4.21. The highest BCUT2D eigenvalue weighted by Gasteiger charge is 2.35. The first kappa shape index (κ1) is 28.3. The van der Waals surface area contributed by atoms with Crippen molar-refractivity contribution in [3.8, 4) is 22.4 Å². The Kier molecular flexibility index (Phi) is 7.84. The Morgan fingerprint density at radius 1 is 1.15 bits per heavy atom. The number of imidazole rings is 1. The standard InChI is InChI=1S/C31H35FN4O5/c1-19(37)7-13-23-18-36(29(38)40-23)22-12-14-24(25(32)16-22)20-8-10-21(11-9-20)26-17-33-28(34-26)27-6-5-15-35(27)30(39)41-31(2,3)4/h8-12,14,16-17,23,27H,5-7,13,15,18H2,1-4H3,(H,33,34)/t23-,27-/m0/s1. The molecule has 0 saturated carbocycles. The second-order valence-electron chi connectivity index (χ2n) is 11.6. The SMILES string of the molecule is CC(=O)CC[C@H]1CN(c2ccc(-c3ccc(-c4cnc([C@@H]5CCCN5C(=O)OC(C)(C)C)[nH]4)cc3)c(F)c2)C(=O)O1. The molecule has 2 atom stereocenters. The van der Waals surface area contributed by atoms with Crippen molar-refractivity contribution in [2.45, 2.75) is 71.1 Å². The van der Waals surface area contributed by atoms with Crippen LogP contribution in [0.25, 0.3) is 22.4 Å². The fourth-order valence-corrected chi connectivity index (χ4v) is 5.23. The molecule has 9 nitrogen and oxygen atoms in total. The number of amides is 2. The van der Waals surface area contributed by atoms with Crippen LogP contribution in [-0.4, -0.2) is 57.6 Å². The van der Waals surface area contributed by atoms with E-state index in [1.54, 1.807) is 23.2 Å². The van der Waals surface area contributed by atoms with Gasteiger partial charge in [0.05, 0.1) is 30.2 Å². The quantitative estimate of drug-likeness (QED) is 0.346. The number of nitrogens with one attached hydrogen (secondary N) is 1. The number of hydrogen-bond donors (Lipinski definition) is 1. The molecule has 2 aliphatic rings. The van der Waals surface area contributed by atoms with Crippen LogP contribution >= 0.6 is 0 Å². The molecular weight excluding hydrogens is 527 g/mol. The molecule has 5 rings (SSSR count). The number of ketones is 1. The maximum atomic E-state index is 15.2. The molecule has 2 aliphatic heterocycles. The van der Waals surface area contributed by atoms with Crippen molar-refractivity contribution in [3.63, 3.8) is 0 Å². The first-order valence-electron chi connectivity index (χ1n) is 13.9. The van der Waals surface area contributed by atoms with Crippen LogP contribution in [0.3, 0.4) is 0 Å². The summed E-state index contributed by atoms with van der Waals surface area (Å²) in [4.78, 5) is 47.3. The zero-order chi connectivity index (χ0) is 29.3. The zero-order valence-electron chi connectivity index (χ0n) is 23.8. The molecule has 0 radical (unpaired) electrons. The van der Waals surface area contributed by atoms with Crippen LogP contribution in [0.5, 0.6) is 0 Å². The number of halogens is 1. The molecule has 2 aromatic carbocycles. The average Bonchev–Trinajstić information content (AvgIpc) is 3.66. The van der Waals surface area contributed by atoms with E-state index >= 15 is 4.39 Å². The van der Waals surface area contributed by atoms with E-state index < -0.39 is 23.6 Å². The molecular formula is C31H35FN4O5. The molecule has 2 amide bonds. The second kappa shape index (κ2) is 11.3. The number of likely N-dealkylation sites (tertiary alicyclic amines) is 1. The van der Waals surface area contributed by atoms with Crippen LogP contribution in [-0.2, 0) is 14.3 Å². The van der Waals surface area contributed by atoms with Crippen molar-refractivity contribution < 1.29 is 28.2 Å².